The molecule has 14 heteroatoms. The van der Waals surface area contributed by atoms with E-state index in [2.05, 4.69) is 12.1 Å². The number of imide groups is 2. The van der Waals surface area contributed by atoms with Crippen molar-refractivity contribution in [3.8, 4) is 11.1 Å². The van der Waals surface area contributed by atoms with Gasteiger partial charge in [-0.15, -0.1) is 0 Å². The maximum Gasteiger partial charge on any atom is 0.411 e. The molecule has 352 valence electrons. The van der Waals surface area contributed by atoms with E-state index in [-0.39, 0.29) is 16.9 Å². The van der Waals surface area contributed by atoms with Crippen molar-refractivity contribution < 1.29 is 45.5 Å². The first-order valence-electron chi connectivity index (χ1n) is 22.2. The summed E-state index contributed by atoms with van der Waals surface area (Å²) in [6.07, 6.45) is -12.3. The molecule has 2 aliphatic heterocycles. The van der Waals surface area contributed by atoms with Crippen LogP contribution in [0.4, 0.5) is 49.1 Å². The fourth-order valence-electron chi connectivity index (χ4n) is 10.8. The zero-order valence-electron chi connectivity index (χ0n) is 38.5. The van der Waals surface area contributed by atoms with Crippen LogP contribution in [-0.4, -0.2) is 64.2 Å². The van der Waals surface area contributed by atoms with Crippen molar-refractivity contribution >= 4 is 46.4 Å². The van der Waals surface area contributed by atoms with Crippen molar-refractivity contribution in [2.75, 3.05) is 47.8 Å². The molecule has 0 fully saturated rings. The molecule has 70 heavy (non-hydrogen) atoms. The van der Waals surface area contributed by atoms with Crippen molar-refractivity contribution in [3.63, 3.8) is 0 Å². The second kappa shape index (κ2) is 15.8. The summed E-state index contributed by atoms with van der Waals surface area (Å²) in [5, 5.41) is 0. The minimum absolute atomic E-state index is 0.0419. The molecule has 0 bridgehead atoms. The van der Waals surface area contributed by atoms with Crippen molar-refractivity contribution in [2.45, 2.75) is 37.0 Å². The number of amides is 4. The first-order chi connectivity index (χ1) is 33.1. The molecule has 8 nitrogen and oxygen atoms in total. The van der Waals surface area contributed by atoms with E-state index in [1.54, 1.807) is 64.3 Å². The molecule has 7 aromatic carbocycles. The van der Waals surface area contributed by atoms with Gasteiger partial charge in [-0.25, -0.2) is 9.80 Å². The maximum absolute atomic E-state index is 15.7. The van der Waals surface area contributed by atoms with E-state index in [0.29, 0.717) is 35.4 Å². The standard InChI is InChI=1S/C56H42F6N4O4/c1-31-28-48(32(2)27-47(31)64(5)6)66-50(68)42-26-20-36(30-44(42)52(66)70)54(55(57,58)59,56(60,61)62)35-19-25-41-43(29-35)51(69)65(49(41)67)38-23-17-34(18-24-38)53(33-15-21-37(22-16-33)63(3)4)45-13-9-7-11-39(45)40-12-8-10-14-46(40)53/h7-30H,1-6H3. The van der Waals surface area contributed by atoms with Crippen molar-refractivity contribution in [1.82, 2.24) is 0 Å². The van der Waals surface area contributed by atoms with Crippen molar-refractivity contribution in [2.24, 2.45) is 0 Å². The van der Waals surface area contributed by atoms with Crippen LogP contribution in [0.5, 0.6) is 0 Å². The molecule has 0 radical (unpaired) electrons. The minimum atomic E-state index is -6.13. The lowest BCUT2D eigenvalue weighted by Gasteiger charge is -2.38. The highest BCUT2D eigenvalue weighted by atomic mass is 19.4. The van der Waals surface area contributed by atoms with Crippen LogP contribution in [0.25, 0.3) is 11.1 Å². The van der Waals surface area contributed by atoms with E-state index in [9.17, 15) is 19.2 Å². The number of anilines is 4. The Bertz CT molecular complexity index is 3320. The number of halogens is 6. The minimum Gasteiger partial charge on any atom is -0.378 e. The predicted octanol–water partition coefficient (Wildman–Crippen LogP) is 11.8. The molecular weight excluding hydrogens is 907 g/mol. The van der Waals surface area contributed by atoms with Gasteiger partial charge in [-0.1, -0.05) is 84.9 Å². The van der Waals surface area contributed by atoms with E-state index in [0.717, 1.165) is 66.7 Å². The van der Waals surface area contributed by atoms with Crippen LogP contribution in [0.3, 0.4) is 0 Å². The number of carbonyl (C=O) groups is 4. The number of benzene rings is 7. The fraction of sp³-hybridized carbons (Fsp3) is 0.179. The molecule has 3 aliphatic rings. The molecule has 1 aliphatic carbocycles. The molecule has 10 rings (SSSR count). The third kappa shape index (κ3) is 6.31. The lowest BCUT2D eigenvalue weighted by atomic mass is 9.67. The highest BCUT2D eigenvalue weighted by molar-refractivity contribution is 6.35. The average molecular weight is 949 g/mol. The number of carbonyl (C=O) groups excluding carboxylic acids is 4. The molecule has 0 saturated carbocycles. The van der Waals surface area contributed by atoms with Crippen molar-refractivity contribution in [3.05, 3.63) is 212 Å². The number of rotatable bonds is 8. The van der Waals surface area contributed by atoms with Gasteiger partial charge >= 0.3 is 12.4 Å². The van der Waals surface area contributed by atoms with Gasteiger partial charge in [0.2, 0.25) is 5.41 Å². The lowest BCUT2D eigenvalue weighted by molar-refractivity contribution is -0.288. The zero-order valence-corrected chi connectivity index (χ0v) is 38.5. The van der Waals surface area contributed by atoms with E-state index < -0.39 is 74.6 Å². The number of hydrogen-bond acceptors (Lipinski definition) is 6. The van der Waals surface area contributed by atoms with Crippen LogP contribution in [0, 0.1) is 13.8 Å². The Morgan fingerprint density at radius 1 is 0.443 bits per heavy atom. The largest absolute Gasteiger partial charge is 0.411 e. The summed E-state index contributed by atoms with van der Waals surface area (Å²) in [6, 6.07) is 37.6. The molecule has 4 amide bonds. The maximum atomic E-state index is 15.7. The van der Waals surface area contributed by atoms with Gasteiger partial charge in [0.25, 0.3) is 23.6 Å². The van der Waals surface area contributed by atoms with Gasteiger partial charge < -0.3 is 9.80 Å². The van der Waals surface area contributed by atoms with E-state index in [1.807, 2.05) is 84.6 Å². The number of nitrogens with zero attached hydrogens (tertiary/aromatic N) is 4. The van der Waals surface area contributed by atoms with Crippen LogP contribution in [0.1, 0.15) is 85.9 Å². The van der Waals surface area contributed by atoms with Gasteiger partial charge in [-0.05, 0) is 130 Å². The first kappa shape index (κ1) is 45.8. The van der Waals surface area contributed by atoms with Gasteiger partial charge in [-0.2, -0.15) is 26.3 Å². The van der Waals surface area contributed by atoms with Crippen LogP contribution < -0.4 is 19.6 Å². The molecule has 7 aromatic rings. The molecule has 0 saturated heterocycles. The highest BCUT2D eigenvalue weighted by Gasteiger charge is 2.73. The molecule has 0 aromatic heterocycles. The quantitative estimate of drug-likeness (QED) is 0.111. The second-order valence-electron chi connectivity index (χ2n) is 18.3. The summed E-state index contributed by atoms with van der Waals surface area (Å²) in [4.78, 5) is 61.4. The lowest BCUT2D eigenvalue weighted by Crippen LogP contribution is -2.55. The van der Waals surface area contributed by atoms with E-state index >= 15 is 26.3 Å². The normalized spacial score (nSPS) is 15.0. The Kier molecular flexibility index (Phi) is 10.3. The van der Waals surface area contributed by atoms with Gasteiger partial charge in [0, 0.05) is 39.6 Å². The summed E-state index contributed by atoms with van der Waals surface area (Å²) in [6.45, 7) is 3.36. The van der Waals surface area contributed by atoms with Crippen LogP contribution in [0.2, 0.25) is 0 Å². The molecule has 0 atom stereocenters. The molecule has 0 spiro atoms. The average Bonchev–Trinajstić information content (AvgIpc) is 3.86. The van der Waals surface area contributed by atoms with E-state index in [1.165, 1.54) is 0 Å². The Hall–Kier alpha value is -8.00. The topological polar surface area (TPSA) is 81.2 Å². The molecule has 2 heterocycles. The number of fused-ring (bicyclic) bond motifs is 5. The predicted molar refractivity (Wildman–Crippen MR) is 256 cm³/mol. The number of alkyl halides is 6. The van der Waals surface area contributed by atoms with Gasteiger partial charge in [0.1, 0.15) is 0 Å². The Morgan fingerprint density at radius 3 is 1.36 bits per heavy atom. The SMILES string of the molecule is Cc1cc(N2C(=O)c3ccc(C(c4ccc5c(c4)C(=O)N(c4ccc(C6(c7ccc(N(C)C)cc7)c7ccccc7-c7ccccc76)cc4)C5=O)(C(F)(F)F)C(F)(F)F)cc3C2=O)c(C)cc1N(C)C. The smallest absolute Gasteiger partial charge is 0.378 e. The highest BCUT2D eigenvalue weighted by Crippen LogP contribution is 2.58. The third-order valence-corrected chi connectivity index (χ3v) is 14.1. The Morgan fingerprint density at radius 2 is 0.886 bits per heavy atom. The monoisotopic (exact) mass is 948 g/mol. The second-order valence-corrected chi connectivity index (χ2v) is 18.3. The zero-order chi connectivity index (χ0) is 50.0. The fourth-order valence-corrected chi connectivity index (χ4v) is 10.8. The summed E-state index contributed by atoms with van der Waals surface area (Å²) in [5.74, 6) is -4.10. The summed E-state index contributed by atoms with van der Waals surface area (Å²) in [5.41, 5.74) is -1.88. The summed E-state index contributed by atoms with van der Waals surface area (Å²) >= 11 is 0. The van der Waals surface area contributed by atoms with Crippen LogP contribution in [-0.2, 0) is 10.8 Å². The Balaban J connectivity index is 1.04. The van der Waals surface area contributed by atoms with Crippen molar-refractivity contribution in [1.29, 1.82) is 0 Å². The van der Waals surface area contributed by atoms with Crippen LogP contribution >= 0.6 is 0 Å². The third-order valence-electron chi connectivity index (χ3n) is 14.1. The summed E-state index contributed by atoms with van der Waals surface area (Å²) < 4.78 is 94.1. The molecule has 0 unspecified atom stereocenters. The molecular formula is C56H42F6N4O4. The van der Waals surface area contributed by atoms with Gasteiger partial charge in [0.15, 0.2) is 0 Å². The van der Waals surface area contributed by atoms with E-state index in [4.69, 9.17) is 0 Å². The van der Waals surface area contributed by atoms with Gasteiger partial charge in [0.05, 0.1) is 39.0 Å². The summed E-state index contributed by atoms with van der Waals surface area (Å²) in [7, 11) is 7.46. The number of hydrogen-bond donors (Lipinski definition) is 0. The number of aryl methyl sites for hydroxylation is 2. The first-order valence-corrected chi connectivity index (χ1v) is 22.2. The molecule has 0 N–H and O–H groups in total. The Labute approximate surface area is 399 Å². The van der Waals surface area contributed by atoms with Crippen LogP contribution in [0.15, 0.2) is 146 Å². The van der Waals surface area contributed by atoms with Gasteiger partial charge in [-0.3, -0.25) is 19.2 Å².